The van der Waals surface area contributed by atoms with Gasteiger partial charge in [-0.1, -0.05) is 0 Å². The van der Waals surface area contributed by atoms with E-state index in [0.717, 1.165) is 0 Å². The van der Waals surface area contributed by atoms with Crippen LogP contribution in [0.25, 0.3) is 0 Å². The molecule has 0 spiro atoms. The van der Waals surface area contributed by atoms with Crippen molar-refractivity contribution in [1.82, 2.24) is 0 Å². The Labute approximate surface area is 199 Å². The predicted octanol–water partition coefficient (Wildman–Crippen LogP) is -1.68. The molecule has 0 saturated heterocycles. The third kappa shape index (κ3) is 953. The van der Waals surface area contributed by atoms with Crippen molar-refractivity contribution in [2.75, 3.05) is 0 Å². The average molecular weight is 669 g/mol. The zero-order valence-corrected chi connectivity index (χ0v) is 18.3. The van der Waals surface area contributed by atoms with Crippen molar-refractivity contribution >= 4 is 0 Å². The molecule has 0 aliphatic rings. The topological polar surface area (TPSA) is 463 Å². The van der Waals surface area contributed by atoms with Crippen LogP contribution in [-0.4, -0.2) is 35.6 Å². The second-order valence-electron chi connectivity index (χ2n) is 1.57. The van der Waals surface area contributed by atoms with E-state index < -0.39 is 35.6 Å². The van der Waals surface area contributed by atoms with Gasteiger partial charge in [0.15, 0.2) is 0 Å². The van der Waals surface area contributed by atoms with Gasteiger partial charge in [-0.3, -0.25) is 0 Å². The van der Waals surface area contributed by atoms with E-state index in [4.69, 9.17) is 107 Å². The van der Waals surface area contributed by atoms with E-state index >= 15 is 0 Å². The van der Waals surface area contributed by atoms with Crippen molar-refractivity contribution in [1.29, 1.82) is 0 Å². The van der Waals surface area contributed by atoms with Crippen molar-refractivity contribution in [2.24, 2.45) is 0 Å². The van der Waals surface area contributed by atoms with Crippen LogP contribution in [-0.2, 0) is 21.1 Å². The summed E-state index contributed by atoms with van der Waals surface area (Å²) in [6.07, 6.45) is 0. The summed E-state index contributed by atoms with van der Waals surface area (Å²) in [6, 6.07) is 0. The Balaban J connectivity index is -0.0000000242. The van der Waals surface area contributed by atoms with Gasteiger partial charge in [-0.05, 0) is 0 Å². The van der Waals surface area contributed by atoms with E-state index in [1.54, 1.807) is 0 Å². The first-order chi connectivity index (χ1) is 12.1. The maximum Gasteiger partial charge on any atom is 4.00 e. The molecule has 0 bridgehead atoms. The molecule has 0 atom stereocenters. The quantitative estimate of drug-likeness (QED) is 0.158. The van der Waals surface area contributed by atoms with Crippen LogP contribution in [0.5, 0.6) is 0 Å². The van der Waals surface area contributed by atoms with E-state index in [-0.39, 0.29) is 56.7 Å². The van der Waals surface area contributed by atoms with Crippen molar-refractivity contribution < 1.29 is 92.3 Å². The molecule has 30 heteroatoms. The summed E-state index contributed by atoms with van der Waals surface area (Å²) in [5, 5.41) is 103. The molecular weight excluding hydrogens is 669 g/mol. The summed E-state index contributed by atoms with van der Waals surface area (Å²) >= 11 is 0. The van der Waals surface area contributed by atoms with Crippen LogP contribution < -0.4 is 0 Å². The predicted molar refractivity (Wildman–Crippen MR) is 72.5 cm³/mol. The van der Waals surface area contributed by atoms with Crippen LogP contribution in [0.3, 0.4) is 0 Å². The molecule has 0 rings (SSSR count). The molecule has 0 unspecified atom stereocenters. The smallest absolute Gasteiger partial charge is 0.356 e. The zero-order valence-electron chi connectivity index (χ0n) is 12.7. The minimum atomic E-state index is -1.75. The Bertz CT molecular complexity index is 314. The second-order valence-corrected chi connectivity index (χ2v) is 1.57. The molecule has 170 valence electrons. The Hall–Kier alpha value is -3.72. The Morgan fingerprint density at radius 1 is 0.267 bits per heavy atom. The molecule has 0 aromatic heterocycles. The molecule has 0 radical (unpaired) electrons. The monoisotopic (exact) mass is 671 g/mol. The fourth-order valence-electron chi connectivity index (χ4n) is 0. The molecule has 0 fully saturated rings. The van der Waals surface area contributed by atoms with Gasteiger partial charge >= 0.3 is 56.7 Å². The molecule has 0 aliphatic heterocycles. The fourth-order valence-corrected chi connectivity index (χ4v) is 0. The summed E-state index contributed by atoms with van der Waals surface area (Å²) < 4.78 is 0. The molecule has 0 saturated carbocycles. The fraction of sp³-hybridized carbons (Fsp3) is 0. The van der Waals surface area contributed by atoms with E-state index in [2.05, 4.69) is 0 Å². The third-order valence-electron chi connectivity index (χ3n) is 0. The van der Waals surface area contributed by atoms with E-state index in [1.807, 2.05) is 0 Å². The van der Waals surface area contributed by atoms with Gasteiger partial charge in [-0.2, -0.15) is 0 Å². The second kappa shape index (κ2) is 49.9. The average Bonchev–Trinajstić information content (AvgIpc) is 2.20. The molecule has 0 aromatic carbocycles. The van der Waals surface area contributed by atoms with Gasteiger partial charge in [0.05, 0.1) is 35.6 Å². The summed E-state index contributed by atoms with van der Waals surface area (Å²) in [4.78, 5) is 57.8. The first kappa shape index (κ1) is 56.2. The standard InChI is InChI=1S/La.Mo.7NO3/c;;7*2-1(3)4/q+3;+4;7*-1. The van der Waals surface area contributed by atoms with Gasteiger partial charge in [0.1, 0.15) is 0 Å². The van der Waals surface area contributed by atoms with Gasteiger partial charge in [-0.15, -0.1) is 0 Å². The third-order valence-corrected chi connectivity index (χ3v) is 0. The van der Waals surface area contributed by atoms with Gasteiger partial charge in [0, 0.05) is 0 Å². The van der Waals surface area contributed by atoms with Crippen LogP contribution in [0.1, 0.15) is 0 Å². The number of rotatable bonds is 0. The van der Waals surface area contributed by atoms with Crippen LogP contribution in [0.4, 0.5) is 0 Å². The van der Waals surface area contributed by atoms with Crippen LogP contribution in [0.15, 0.2) is 0 Å². The number of hydrogen-bond acceptors (Lipinski definition) is 21. The first-order valence-electron chi connectivity index (χ1n) is 3.83. The van der Waals surface area contributed by atoms with Crippen molar-refractivity contribution in [3.63, 3.8) is 0 Å². The van der Waals surface area contributed by atoms with Crippen LogP contribution in [0.2, 0.25) is 0 Å². The van der Waals surface area contributed by atoms with Gasteiger partial charge in [-0.25, -0.2) is 0 Å². The number of hydrogen-bond donors (Lipinski definition) is 0. The molecule has 28 nitrogen and oxygen atoms in total. The van der Waals surface area contributed by atoms with E-state index in [0.29, 0.717) is 0 Å². The number of nitrogens with zero attached hydrogens (tertiary/aromatic N) is 7. The summed E-state index contributed by atoms with van der Waals surface area (Å²) in [7, 11) is 0. The van der Waals surface area contributed by atoms with Crippen LogP contribution >= 0.6 is 0 Å². The Morgan fingerprint density at radius 2 is 0.267 bits per heavy atom. The van der Waals surface area contributed by atoms with Gasteiger partial charge in [0.25, 0.3) is 0 Å². The molecule has 0 heterocycles. The van der Waals surface area contributed by atoms with Crippen molar-refractivity contribution in [3.8, 4) is 0 Å². The molecule has 0 amide bonds. The summed E-state index contributed by atoms with van der Waals surface area (Å²) in [5.41, 5.74) is 0. The first-order valence-corrected chi connectivity index (χ1v) is 3.83. The van der Waals surface area contributed by atoms with Gasteiger partial charge < -0.3 is 107 Å². The molecular formula is LaMoN7O21. The van der Waals surface area contributed by atoms with Crippen molar-refractivity contribution in [3.05, 3.63) is 107 Å². The molecule has 0 aromatic rings. The maximum absolute atomic E-state index is 8.25. The molecule has 30 heavy (non-hydrogen) atoms. The maximum atomic E-state index is 8.25. The zero-order chi connectivity index (χ0) is 25.0. The Morgan fingerprint density at radius 3 is 0.267 bits per heavy atom. The molecule has 0 aliphatic carbocycles. The van der Waals surface area contributed by atoms with E-state index in [9.17, 15) is 0 Å². The summed E-state index contributed by atoms with van der Waals surface area (Å²) in [5.74, 6) is 0. The van der Waals surface area contributed by atoms with Gasteiger partial charge in [0.2, 0.25) is 0 Å². The largest absolute Gasteiger partial charge is 4.00 e. The minimum Gasteiger partial charge on any atom is -0.356 e. The summed E-state index contributed by atoms with van der Waals surface area (Å²) in [6.45, 7) is 0. The molecule has 0 N–H and O–H groups in total. The van der Waals surface area contributed by atoms with Crippen molar-refractivity contribution in [2.45, 2.75) is 0 Å². The normalized spacial score (nSPS) is 5.60. The van der Waals surface area contributed by atoms with E-state index in [1.165, 1.54) is 0 Å². The SMILES string of the molecule is O=[N+]([O-])[O-].O=[N+]([O-])[O-].O=[N+]([O-])[O-].O=[N+]([O-])[O-].O=[N+]([O-])[O-].O=[N+]([O-])[O-].O=[N+]([O-])[O-].[La+3].[Mo+4]. The minimum absolute atomic E-state index is 0. The Kier molecular flexibility index (Phi) is 93.6. The van der Waals surface area contributed by atoms with Crippen LogP contribution in [0, 0.1) is 143 Å².